The summed E-state index contributed by atoms with van der Waals surface area (Å²) in [5.74, 6) is 1.62. The van der Waals surface area contributed by atoms with Crippen molar-refractivity contribution in [3.8, 4) is 11.5 Å². The Balaban J connectivity index is 2.02. The van der Waals surface area contributed by atoms with Crippen LogP contribution in [0, 0.1) is 0 Å². The molecule has 2 N–H and O–H groups in total. The van der Waals surface area contributed by atoms with Crippen molar-refractivity contribution >= 4 is 5.69 Å². The predicted molar refractivity (Wildman–Crippen MR) is 112 cm³/mol. The minimum absolute atomic E-state index is 0.132. The zero-order valence-electron chi connectivity index (χ0n) is 16.8. The molecule has 0 aliphatic carbocycles. The smallest absolute Gasteiger partial charge is 0.163 e. The molecule has 1 aliphatic rings. The molecule has 2 aromatic carbocycles. The number of fused-ring (bicyclic) bond motifs is 1. The quantitative estimate of drug-likeness (QED) is 0.676. The monoisotopic (exact) mass is 368 g/mol. The highest BCUT2D eigenvalue weighted by Gasteiger charge is 2.26. The minimum Gasteiger partial charge on any atom is -0.490 e. The molecule has 3 rings (SSSR count). The molecule has 2 atom stereocenters. The van der Waals surface area contributed by atoms with Crippen LogP contribution in [0.1, 0.15) is 57.2 Å². The van der Waals surface area contributed by atoms with E-state index >= 15 is 0 Å². The van der Waals surface area contributed by atoms with Gasteiger partial charge in [-0.3, -0.25) is 0 Å². The SMILES string of the molecule is CCCC[C@@H]1CNc2cc(OCC)c(OCC)cc2[C@@H](c2ccccc2)N1. The topological polar surface area (TPSA) is 42.5 Å². The van der Waals surface area contributed by atoms with E-state index < -0.39 is 0 Å². The van der Waals surface area contributed by atoms with Gasteiger partial charge in [-0.25, -0.2) is 0 Å². The summed E-state index contributed by atoms with van der Waals surface area (Å²) in [6.45, 7) is 8.41. The average Bonchev–Trinajstić information content (AvgIpc) is 2.87. The maximum atomic E-state index is 5.89. The number of nitrogens with one attached hydrogen (secondary N) is 2. The van der Waals surface area contributed by atoms with E-state index in [2.05, 4.69) is 60.0 Å². The number of unbranched alkanes of at least 4 members (excludes halogenated alkanes) is 1. The Morgan fingerprint density at radius 3 is 2.33 bits per heavy atom. The van der Waals surface area contributed by atoms with Crippen LogP contribution in [0.5, 0.6) is 11.5 Å². The van der Waals surface area contributed by atoms with Gasteiger partial charge in [0.1, 0.15) is 0 Å². The van der Waals surface area contributed by atoms with Crippen molar-refractivity contribution in [2.75, 3.05) is 25.1 Å². The van der Waals surface area contributed by atoms with Gasteiger partial charge >= 0.3 is 0 Å². The highest BCUT2D eigenvalue weighted by Crippen LogP contribution is 2.40. The molecule has 146 valence electrons. The highest BCUT2D eigenvalue weighted by atomic mass is 16.5. The Hall–Kier alpha value is -2.20. The molecular formula is C23H32N2O2. The van der Waals surface area contributed by atoms with E-state index in [4.69, 9.17) is 9.47 Å². The van der Waals surface area contributed by atoms with Gasteiger partial charge in [-0.2, -0.15) is 0 Å². The Bertz CT molecular complexity index is 718. The fraction of sp³-hybridized carbons (Fsp3) is 0.478. The number of hydrogen-bond donors (Lipinski definition) is 2. The zero-order chi connectivity index (χ0) is 19.1. The Morgan fingerprint density at radius 1 is 0.963 bits per heavy atom. The molecule has 2 aromatic rings. The second-order valence-electron chi connectivity index (χ2n) is 6.98. The number of ether oxygens (including phenoxy) is 2. The summed E-state index contributed by atoms with van der Waals surface area (Å²) in [5, 5.41) is 7.54. The first kappa shape index (κ1) is 19.6. The lowest BCUT2D eigenvalue weighted by molar-refractivity contribution is 0.287. The van der Waals surface area contributed by atoms with Crippen LogP contribution in [0.3, 0.4) is 0 Å². The third kappa shape index (κ3) is 4.75. The van der Waals surface area contributed by atoms with Crippen molar-refractivity contribution in [3.05, 3.63) is 53.6 Å². The number of rotatable bonds is 8. The summed E-state index contributed by atoms with van der Waals surface area (Å²) < 4.78 is 11.7. The standard InChI is InChI=1S/C23H32N2O2/c1-4-7-13-18-16-24-20-15-22(27-6-3)21(26-5-2)14-19(20)23(25-18)17-11-9-8-10-12-17/h8-12,14-15,18,23-25H,4-7,13,16H2,1-3H3/t18-,23-/m1/s1. The van der Waals surface area contributed by atoms with Crippen LogP contribution in [0.2, 0.25) is 0 Å². The summed E-state index contributed by atoms with van der Waals surface area (Å²) in [6, 6.07) is 15.5. The van der Waals surface area contributed by atoms with Gasteiger partial charge in [-0.1, -0.05) is 50.1 Å². The van der Waals surface area contributed by atoms with Gasteiger partial charge in [0.2, 0.25) is 0 Å². The number of hydrogen-bond acceptors (Lipinski definition) is 4. The highest BCUT2D eigenvalue weighted by molar-refractivity contribution is 5.64. The lowest BCUT2D eigenvalue weighted by Gasteiger charge is -2.24. The third-order valence-electron chi connectivity index (χ3n) is 5.01. The first-order valence-electron chi connectivity index (χ1n) is 10.2. The van der Waals surface area contributed by atoms with Crippen LogP contribution in [-0.4, -0.2) is 25.8 Å². The van der Waals surface area contributed by atoms with E-state index in [1.165, 1.54) is 24.0 Å². The van der Waals surface area contributed by atoms with E-state index in [1.807, 2.05) is 13.8 Å². The maximum absolute atomic E-state index is 5.89. The first-order valence-corrected chi connectivity index (χ1v) is 10.2. The molecular weight excluding hydrogens is 336 g/mol. The van der Waals surface area contributed by atoms with Crippen LogP contribution >= 0.6 is 0 Å². The molecule has 0 aromatic heterocycles. The van der Waals surface area contributed by atoms with Crippen LogP contribution in [0.25, 0.3) is 0 Å². The van der Waals surface area contributed by atoms with Gasteiger partial charge in [0.05, 0.1) is 19.3 Å². The van der Waals surface area contributed by atoms with Gasteiger partial charge in [-0.15, -0.1) is 0 Å². The minimum atomic E-state index is 0.132. The van der Waals surface area contributed by atoms with Crippen LogP contribution in [-0.2, 0) is 0 Å². The molecule has 0 saturated heterocycles. The van der Waals surface area contributed by atoms with Crippen LogP contribution < -0.4 is 20.1 Å². The first-order chi connectivity index (χ1) is 13.3. The van der Waals surface area contributed by atoms with E-state index in [1.54, 1.807) is 0 Å². The molecule has 0 saturated carbocycles. The number of benzene rings is 2. The molecule has 1 heterocycles. The van der Waals surface area contributed by atoms with Gasteiger partial charge in [0, 0.05) is 29.9 Å². The molecule has 27 heavy (non-hydrogen) atoms. The predicted octanol–water partition coefficient (Wildman–Crippen LogP) is 5.15. The van der Waals surface area contributed by atoms with Gasteiger partial charge in [-0.05, 0) is 31.9 Å². The lowest BCUT2D eigenvalue weighted by atomic mass is 9.96. The second-order valence-corrected chi connectivity index (χ2v) is 6.98. The third-order valence-corrected chi connectivity index (χ3v) is 5.01. The van der Waals surface area contributed by atoms with Gasteiger partial charge < -0.3 is 20.1 Å². The fourth-order valence-electron chi connectivity index (χ4n) is 3.68. The molecule has 0 amide bonds. The largest absolute Gasteiger partial charge is 0.490 e. The van der Waals surface area contributed by atoms with E-state index in [0.717, 1.165) is 30.2 Å². The normalized spacial score (nSPS) is 18.9. The van der Waals surface area contributed by atoms with Crippen molar-refractivity contribution in [3.63, 3.8) is 0 Å². The number of anilines is 1. The van der Waals surface area contributed by atoms with Crippen LogP contribution in [0.15, 0.2) is 42.5 Å². The Morgan fingerprint density at radius 2 is 1.67 bits per heavy atom. The van der Waals surface area contributed by atoms with Crippen molar-refractivity contribution in [1.82, 2.24) is 5.32 Å². The van der Waals surface area contributed by atoms with Gasteiger partial charge in [0.25, 0.3) is 0 Å². The Kier molecular flexibility index (Phi) is 6.99. The molecule has 4 nitrogen and oxygen atoms in total. The maximum Gasteiger partial charge on any atom is 0.163 e. The van der Waals surface area contributed by atoms with E-state index in [-0.39, 0.29) is 6.04 Å². The van der Waals surface area contributed by atoms with Crippen molar-refractivity contribution in [2.45, 2.75) is 52.1 Å². The average molecular weight is 369 g/mol. The summed E-state index contributed by atoms with van der Waals surface area (Å²) in [5.41, 5.74) is 3.62. The second kappa shape index (κ2) is 9.65. The Labute approximate surface area is 163 Å². The molecule has 0 radical (unpaired) electrons. The summed E-state index contributed by atoms with van der Waals surface area (Å²) >= 11 is 0. The fourth-order valence-corrected chi connectivity index (χ4v) is 3.68. The van der Waals surface area contributed by atoms with E-state index in [0.29, 0.717) is 19.3 Å². The van der Waals surface area contributed by atoms with Crippen molar-refractivity contribution in [1.29, 1.82) is 0 Å². The molecule has 1 aliphatic heterocycles. The molecule has 0 spiro atoms. The zero-order valence-corrected chi connectivity index (χ0v) is 16.8. The van der Waals surface area contributed by atoms with Gasteiger partial charge in [0.15, 0.2) is 11.5 Å². The molecule has 0 bridgehead atoms. The van der Waals surface area contributed by atoms with E-state index in [9.17, 15) is 0 Å². The molecule has 0 fully saturated rings. The summed E-state index contributed by atoms with van der Waals surface area (Å²) in [6.07, 6.45) is 3.60. The van der Waals surface area contributed by atoms with Crippen molar-refractivity contribution in [2.24, 2.45) is 0 Å². The van der Waals surface area contributed by atoms with Crippen molar-refractivity contribution < 1.29 is 9.47 Å². The molecule has 0 unspecified atom stereocenters. The summed E-state index contributed by atoms with van der Waals surface area (Å²) in [7, 11) is 0. The lowest BCUT2D eigenvalue weighted by Crippen LogP contribution is -2.36. The summed E-state index contributed by atoms with van der Waals surface area (Å²) in [4.78, 5) is 0. The van der Waals surface area contributed by atoms with Crippen LogP contribution in [0.4, 0.5) is 5.69 Å². The molecule has 4 heteroatoms.